The molecule has 5 heteroatoms. The molecule has 100 valence electrons. The first-order valence-corrected chi connectivity index (χ1v) is 6.86. The van der Waals surface area contributed by atoms with Crippen molar-refractivity contribution in [3.63, 3.8) is 0 Å². The first kappa shape index (κ1) is 14.3. The van der Waals surface area contributed by atoms with Crippen molar-refractivity contribution in [2.75, 3.05) is 11.9 Å². The molecule has 2 nitrogen and oxygen atoms in total. The van der Waals surface area contributed by atoms with Crippen LogP contribution in [0.4, 0.5) is 10.1 Å². The molecule has 0 aliphatic carbocycles. The van der Waals surface area contributed by atoms with Gasteiger partial charge in [0, 0.05) is 17.3 Å². The summed E-state index contributed by atoms with van der Waals surface area (Å²) in [6, 6.07) is 11.7. The number of anilines is 1. The summed E-state index contributed by atoms with van der Waals surface area (Å²) in [7, 11) is 0. The fraction of sp³-hybridized carbons (Fsp3) is 0.143. The van der Waals surface area contributed by atoms with E-state index in [2.05, 4.69) is 21.2 Å². The normalized spacial score (nSPS) is 12.2. The quantitative estimate of drug-likeness (QED) is 0.862. The Morgan fingerprint density at radius 1 is 1.21 bits per heavy atom. The fourth-order valence-corrected chi connectivity index (χ4v) is 2.00. The SMILES string of the molecule is OC(CNc1ccc(Br)c(F)c1)c1ccc(Cl)cc1. The number of halogens is 3. The highest BCUT2D eigenvalue weighted by molar-refractivity contribution is 9.10. The second-order valence-electron chi connectivity index (χ2n) is 4.08. The monoisotopic (exact) mass is 343 g/mol. The summed E-state index contributed by atoms with van der Waals surface area (Å²) in [5.74, 6) is -0.342. The molecular weight excluding hydrogens is 333 g/mol. The number of aliphatic hydroxyl groups excluding tert-OH is 1. The molecule has 0 aliphatic rings. The molecule has 0 amide bonds. The third-order valence-corrected chi connectivity index (χ3v) is 3.57. The summed E-state index contributed by atoms with van der Waals surface area (Å²) >= 11 is 8.87. The Morgan fingerprint density at radius 2 is 1.89 bits per heavy atom. The minimum Gasteiger partial charge on any atom is -0.387 e. The molecule has 0 fully saturated rings. The van der Waals surface area contributed by atoms with E-state index >= 15 is 0 Å². The molecule has 0 heterocycles. The van der Waals surface area contributed by atoms with E-state index in [0.29, 0.717) is 21.7 Å². The topological polar surface area (TPSA) is 32.3 Å². The van der Waals surface area contributed by atoms with Crippen LogP contribution >= 0.6 is 27.5 Å². The van der Waals surface area contributed by atoms with Gasteiger partial charge in [0.1, 0.15) is 5.82 Å². The largest absolute Gasteiger partial charge is 0.387 e. The number of benzene rings is 2. The van der Waals surface area contributed by atoms with Crippen LogP contribution in [0.5, 0.6) is 0 Å². The van der Waals surface area contributed by atoms with E-state index in [4.69, 9.17) is 11.6 Å². The number of aliphatic hydroxyl groups is 1. The van der Waals surface area contributed by atoms with Gasteiger partial charge in [0.2, 0.25) is 0 Å². The lowest BCUT2D eigenvalue weighted by molar-refractivity contribution is 0.191. The zero-order valence-corrected chi connectivity index (χ0v) is 12.2. The van der Waals surface area contributed by atoms with E-state index in [9.17, 15) is 9.50 Å². The van der Waals surface area contributed by atoms with Gasteiger partial charge in [0.05, 0.1) is 10.6 Å². The van der Waals surface area contributed by atoms with Crippen molar-refractivity contribution in [3.8, 4) is 0 Å². The molecule has 2 aromatic carbocycles. The molecule has 1 unspecified atom stereocenters. The Balaban J connectivity index is 1.98. The van der Waals surface area contributed by atoms with Gasteiger partial charge in [-0.3, -0.25) is 0 Å². The third-order valence-electron chi connectivity index (χ3n) is 2.67. The van der Waals surface area contributed by atoms with Gasteiger partial charge < -0.3 is 10.4 Å². The summed E-state index contributed by atoms with van der Waals surface area (Å²) in [6.45, 7) is 0.294. The number of hydrogen-bond donors (Lipinski definition) is 2. The van der Waals surface area contributed by atoms with Crippen LogP contribution in [0, 0.1) is 5.82 Å². The van der Waals surface area contributed by atoms with E-state index < -0.39 is 6.10 Å². The van der Waals surface area contributed by atoms with Crippen LogP contribution in [0.3, 0.4) is 0 Å². The average molecular weight is 345 g/mol. The van der Waals surface area contributed by atoms with Crippen molar-refractivity contribution in [2.24, 2.45) is 0 Å². The molecule has 0 saturated heterocycles. The maximum absolute atomic E-state index is 13.3. The maximum atomic E-state index is 13.3. The van der Waals surface area contributed by atoms with Gasteiger partial charge in [-0.25, -0.2) is 4.39 Å². The van der Waals surface area contributed by atoms with Crippen molar-refractivity contribution in [1.82, 2.24) is 0 Å². The molecule has 0 aromatic heterocycles. The second-order valence-corrected chi connectivity index (χ2v) is 5.37. The van der Waals surface area contributed by atoms with Gasteiger partial charge in [-0.15, -0.1) is 0 Å². The second kappa shape index (κ2) is 6.37. The van der Waals surface area contributed by atoms with Crippen LogP contribution in [0.15, 0.2) is 46.9 Å². The molecule has 0 bridgehead atoms. The molecule has 19 heavy (non-hydrogen) atoms. The number of rotatable bonds is 4. The highest BCUT2D eigenvalue weighted by atomic mass is 79.9. The highest BCUT2D eigenvalue weighted by Crippen LogP contribution is 2.21. The lowest BCUT2D eigenvalue weighted by atomic mass is 10.1. The standard InChI is InChI=1S/C14H12BrClFNO/c15-12-6-5-11(7-13(12)17)18-8-14(19)9-1-3-10(16)4-2-9/h1-7,14,18-19H,8H2. The first-order chi connectivity index (χ1) is 9.06. The maximum Gasteiger partial charge on any atom is 0.139 e. The fourth-order valence-electron chi connectivity index (χ4n) is 1.62. The zero-order chi connectivity index (χ0) is 13.8. The minimum absolute atomic E-state index is 0.294. The molecule has 0 aliphatic heterocycles. The number of nitrogens with one attached hydrogen (secondary N) is 1. The molecule has 0 spiro atoms. The van der Waals surface area contributed by atoms with Crippen molar-refractivity contribution in [2.45, 2.75) is 6.10 Å². The average Bonchev–Trinajstić information content (AvgIpc) is 2.40. The van der Waals surface area contributed by atoms with Crippen LogP contribution < -0.4 is 5.32 Å². The van der Waals surface area contributed by atoms with Crippen LogP contribution in [-0.4, -0.2) is 11.7 Å². The first-order valence-electron chi connectivity index (χ1n) is 5.69. The van der Waals surface area contributed by atoms with E-state index in [0.717, 1.165) is 5.56 Å². The van der Waals surface area contributed by atoms with E-state index in [1.807, 2.05) is 0 Å². The molecular formula is C14H12BrClFNO. The summed E-state index contributed by atoms with van der Waals surface area (Å²) in [5.41, 5.74) is 1.38. The lowest BCUT2D eigenvalue weighted by Crippen LogP contribution is -2.12. The Kier molecular flexibility index (Phi) is 4.80. The van der Waals surface area contributed by atoms with Crippen LogP contribution in [0.25, 0.3) is 0 Å². The van der Waals surface area contributed by atoms with Gasteiger partial charge in [-0.1, -0.05) is 23.7 Å². The predicted molar refractivity (Wildman–Crippen MR) is 79.0 cm³/mol. The minimum atomic E-state index is -0.677. The lowest BCUT2D eigenvalue weighted by Gasteiger charge is -2.13. The van der Waals surface area contributed by atoms with E-state index in [1.54, 1.807) is 36.4 Å². The highest BCUT2D eigenvalue weighted by Gasteiger charge is 2.07. The molecule has 0 radical (unpaired) electrons. The Bertz CT molecular complexity index is 562. The van der Waals surface area contributed by atoms with Crippen LogP contribution in [-0.2, 0) is 0 Å². The van der Waals surface area contributed by atoms with Crippen molar-refractivity contribution < 1.29 is 9.50 Å². The van der Waals surface area contributed by atoms with Crippen LogP contribution in [0.2, 0.25) is 5.02 Å². The molecule has 0 saturated carbocycles. The van der Waals surface area contributed by atoms with Crippen molar-refractivity contribution in [3.05, 3.63) is 63.3 Å². The predicted octanol–water partition coefficient (Wildman–Crippen LogP) is 4.39. The third kappa shape index (κ3) is 3.93. The van der Waals surface area contributed by atoms with Gasteiger partial charge >= 0.3 is 0 Å². The van der Waals surface area contributed by atoms with Crippen LogP contribution in [0.1, 0.15) is 11.7 Å². The zero-order valence-electron chi connectivity index (χ0n) is 9.91. The summed E-state index contributed by atoms with van der Waals surface area (Å²) < 4.78 is 13.7. The van der Waals surface area contributed by atoms with Crippen molar-refractivity contribution in [1.29, 1.82) is 0 Å². The van der Waals surface area contributed by atoms with Gasteiger partial charge in [-0.05, 0) is 51.8 Å². The van der Waals surface area contributed by atoms with E-state index in [-0.39, 0.29) is 5.82 Å². The summed E-state index contributed by atoms with van der Waals surface area (Å²) in [4.78, 5) is 0. The molecule has 2 N–H and O–H groups in total. The Hall–Kier alpha value is -1.10. The van der Waals surface area contributed by atoms with Gasteiger partial charge in [-0.2, -0.15) is 0 Å². The molecule has 2 aromatic rings. The Labute approximate surface area is 124 Å². The summed E-state index contributed by atoms with van der Waals surface area (Å²) in [6.07, 6.45) is -0.677. The molecule has 2 rings (SSSR count). The smallest absolute Gasteiger partial charge is 0.139 e. The van der Waals surface area contributed by atoms with Crippen molar-refractivity contribution >= 4 is 33.2 Å². The van der Waals surface area contributed by atoms with Gasteiger partial charge in [0.25, 0.3) is 0 Å². The number of hydrogen-bond acceptors (Lipinski definition) is 2. The Morgan fingerprint density at radius 3 is 2.53 bits per heavy atom. The summed E-state index contributed by atoms with van der Waals surface area (Å²) in [5, 5.41) is 13.6. The van der Waals surface area contributed by atoms with Gasteiger partial charge in [0.15, 0.2) is 0 Å². The van der Waals surface area contributed by atoms with E-state index in [1.165, 1.54) is 6.07 Å². The molecule has 1 atom stereocenters.